The highest BCUT2D eigenvalue weighted by Crippen LogP contribution is 2.49. The maximum Gasteiger partial charge on any atom is 0.272 e. The minimum absolute atomic E-state index is 0.0678. The highest BCUT2D eigenvalue weighted by Gasteiger charge is 2.40. The van der Waals surface area contributed by atoms with Gasteiger partial charge in [0.2, 0.25) is 0 Å². The van der Waals surface area contributed by atoms with E-state index in [-0.39, 0.29) is 11.8 Å². The van der Waals surface area contributed by atoms with Gasteiger partial charge in [0, 0.05) is 37.0 Å². The third-order valence-corrected chi connectivity index (χ3v) is 11.5. The number of hydrogen-bond acceptors (Lipinski definition) is 4. The number of amides is 2. The summed E-state index contributed by atoms with van der Waals surface area (Å²) in [5, 5.41) is 17.3. The molecule has 0 saturated heterocycles. The Labute approximate surface area is 278 Å². The van der Waals surface area contributed by atoms with E-state index in [1.54, 1.807) is 9.36 Å². The number of aryl methyl sites for hydroxylation is 2. The van der Waals surface area contributed by atoms with Gasteiger partial charge in [-0.3, -0.25) is 19.0 Å². The molecule has 0 atom stereocenters. The van der Waals surface area contributed by atoms with Crippen LogP contribution in [-0.4, -0.2) is 44.5 Å². The zero-order chi connectivity index (χ0) is 31.6. The van der Waals surface area contributed by atoms with E-state index in [1.165, 1.54) is 77.0 Å². The van der Waals surface area contributed by atoms with E-state index in [0.29, 0.717) is 27.7 Å². The van der Waals surface area contributed by atoms with Gasteiger partial charge in [-0.15, -0.1) is 0 Å². The normalized spacial score (nSPS) is 21.7. The molecule has 4 fully saturated rings. The number of rotatable bonds is 6. The van der Waals surface area contributed by atoms with Gasteiger partial charge in [-0.05, 0) is 92.9 Å². The van der Waals surface area contributed by atoms with Gasteiger partial charge in [0.15, 0.2) is 11.4 Å². The predicted molar refractivity (Wildman–Crippen MR) is 184 cm³/mol. The van der Waals surface area contributed by atoms with Gasteiger partial charge in [0.25, 0.3) is 11.8 Å². The van der Waals surface area contributed by atoms with Crippen LogP contribution in [0.25, 0.3) is 21.8 Å². The molecule has 2 aromatic carbocycles. The van der Waals surface area contributed by atoms with Crippen molar-refractivity contribution in [3.8, 4) is 0 Å². The molecule has 0 aliphatic heterocycles. The molecule has 45 heavy (non-hydrogen) atoms. The number of carbonyl (C=O) groups excluding carboxylic acids is 2. The standard InChI is InChI=1S/C18H22ClN3O.C17H22BrN3O/c1-22-14-4-2-3-13(19)15(14)16(21-22)17(23)20-11-18-8-5-12(6-9-18)7-10-18;1-21-14-10-6-9-13(18)15(14)16(20-21)17(22)19-11-12-7-4-2-3-5-8-12/h2-4,12H,5-11H2,1H3,(H,20,23);6,9-10,12H,2-5,7-8,11H2,1H3,(H,19,22). The number of halogens is 2. The fraction of sp³-hybridized carbons (Fsp3) is 0.543. The second kappa shape index (κ2) is 13.8. The Morgan fingerprint density at radius 1 is 0.822 bits per heavy atom. The van der Waals surface area contributed by atoms with Gasteiger partial charge in [-0.25, -0.2) is 0 Å². The van der Waals surface area contributed by atoms with Crippen molar-refractivity contribution in [1.82, 2.24) is 30.2 Å². The van der Waals surface area contributed by atoms with Crippen molar-refractivity contribution in [2.45, 2.75) is 77.0 Å². The van der Waals surface area contributed by atoms with Gasteiger partial charge in [0.1, 0.15) is 0 Å². The molecular weight excluding hydrogens is 652 g/mol. The molecule has 2 N–H and O–H groups in total. The molecular formula is C35H44BrClN6O2. The number of nitrogens with zero attached hydrogens (tertiary/aromatic N) is 4. The van der Waals surface area contributed by atoms with Crippen LogP contribution in [0.15, 0.2) is 40.9 Å². The Balaban J connectivity index is 0.000000159. The summed E-state index contributed by atoms with van der Waals surface area (Å²) >= 11 is 9.83. The molecule has 4 aliphatic rings. The number of nitrogens with one attached hydrogen (secondary N) is 2. The summed E-state index contributed by atoms with van der Waals surface area (Å²) in [6.45, 7) is 1.53. The summed E-state index contributed by atoms with van der Waals surface area (Å²) in [6, 6.07) is 11.5. The van der Waals surface area contributed by atoms with Crippen LogP contribution < -0.4 is 10.6 Å². The highest BCUT2D eigenvalue weighted by atomic mass is 79.9. The van der Waals surface area contributed by atoms with Crippen LogP contribution >= 0.6 is 27.5 Å². The molecule has 2 amide bonds. The zero-order valence-corrected chi connectivity index (χ0v) is 28.7. The van der Waals surface area contributed by atoms with Crippen LogP contribution in [0.4, 0.5) is 0 Å². The van der Waals surface area contributed by atoms with Gasteiger partial charge >= 0.3 is 0 Å². The zero-order valence-electron chi connectivity index (χ0n) is 26.4. The number of hydrogen-bond donors (Lipinski definition) is 2. The van der Waals surface area contributed by atoms with Gasteiger partial charge in [-0.2, -0.15) is 10.2 Å². The fourth-order valence-electron chi connectivity index (χ4n) is 7.70. The van der Waals surface area contributed by atoms with E-state index < -0.39 is 0 Å². The van der Waals surface area contributed by atoms with E-state index in [0.717, 1.165) is 45.3 Å². The second-order valence-electron chi connectivity index (χ2n) is 13.4. The quantitative estimate of drug-likeness (QED) is 0.200. The molecule has 240 valence electrons. The highest BCUT2D eigenvalue weighted by molar-refractivity contribution is 9.10. The summed E-state index contributed by atoms with van der Waals surface area (Å²) in [7, 11) is 3.72. The molecule has 2 bridgehead atoms. The molecule has 2 heterocycles. The predicted octanol–water partition coefficient (Wildman–Crippen LogP) is 7.96. The van der Waals surface area contributed by atoms with Gasteiger partial charge in [0.05, 0.1) is 21.4 Å². The Hall–Kier alpha value is -2.91. The van der Waals surface area contributed by atoms with Crippen molar-refractivity contribution in [3.05, 3.63) is 57.3 Å². The molecule has 4 aliphatic carbocycles. The summed E-state index contributed by atoms with van der Waals surface area (Å²) in [5.74, 6) is 1.38. The van der Waals surface area contributed by atoms with Crippen molar-refractivity contribution < 1.29 is 9.59 Å². The van der Waals surface area contributed by atoms with Crippen LogP contribution in [0.2, 0.25) is 5.02 Å². The maximum atomic E-state index is 12.7. The largest absolute Gasteiger partial charge is 0.350 e. The molecule has 4 aromatic rings. The molecule has 0 unspecified atom stereocenters. The first kappa shape index (κ1) is 32.0. The van der Waals surface area contributed by atoms with Crippen molar-refractivity contribution in [2.24, 2.45) is 31.3 Å². The first-order valence-electron chi connectivity index (χ1n) is 16.5. The molecule has 8 nitrogen and oxygen atoms in total. The van der Waals surface area contributed by atoms with Crippen LogP contribution in [0, 0.1) is 17.3 Å². The van der Waals surface area contributed by atoms with Gasteiger partial charge < -0.3 is 10.6 Å². The van der Waals surface area contributed by atoms with E-state index in [4.69, 9.17) is 11.6 Å². The monoisotopic (exact) mass is 694 g/mol. The van der Waals surface area contributed by atoms with Crippen LogP contribution in [0.5, 0.6) is 0 Å². The molecule has 0 spiro atoms. The lowest BCUT2D eigenvalue weighted by Gasteiger charge is -2.46. The Morgan fingerprint density at radius 3 is 2.02 bits per heavy atom. The summed E-state index contributed by atoms with van der Waals surface area (Å²) in [4.78, 5) is 25.2. The van der Waals surface area contributed by atoms with Crippen LogP contribution in [0.3, 0.4) is 0 Å². The third kappa shape index (κ3) is 6.94. The molecule has 10 heteroatoms. The average Bonchev–Trinajstić information content (AvgIpc) is 3.45. The third-order valence-electron chi connectivity index (χ3n) is 10.5. The summed E-state index contributed by atoms with van der Waals surface area (Å²) in [5.41, 5.74) is 3.12. The lowest BCUT2D eigenvalue weighted by atomic mass is 9.61. The van der Waals surface area contributed by atoms with Crippen molar-refractivity contribution >= 4 is 61.2 Å². The fourth-order valence-corrected chi connectivity index (χ4v) is 8.51. The first-order chi connectivity index (χ1) is 21.7. The Kier molecular flexibility index (Phi) is 9.85. The molecule has 8 rings (SSSR count). The van der Waals surface area contributed by atoms with Crippen LogP contribution in [0.1, 0.15) is 98.0 Å². The second-order valence-corrected chi connectivity index (χ2v) is 14.7. The minimum Gasteiger partial charge on any atom is -0.350 e. The Morgan fingerprint density at radius 2 is 1.38 bits per heavy atom. The van der Waals surface area contributed by atoms with E-state index in [2.05, 4.69) is 36.8 Å². The Bertz CT molecular complexity index is 1670. The van der Waals surface area contributed by atoms with Crippen molar-refractivity contribution in [3.63, 3.8) is 0 Å². The average molecular weight is 696 g/mol. The topological polar surface area (TPSA) is 93.8 Å². The number of carbonyl (C=O) groups is 2. The number of fused-ring (bicyclic) bond motifs is 5. The van der Waals surface area contributed by atoms with E-state index >= 15 is 0 Å². The van der Waals surface area contributed by atoms with Crippen LogP contribution in [-0.2, 0) is 14.1 Å². The maximum absolute atomic E-state index is 12.7. The van der Waals surface area contributed by atoms with E-state index in [1.807, 2.05) is 50.5 Å². The molecule has 4 saturated carbocycles. The first-order valence-corrected chi connectivity index (χ1v) is 17.7. The number of benzene rings is 2. The lowest BCUT2D eigenvalue weighted by Crippen LogP contribution is -2.43. The lowest BCUT2D eigenvalue weighted by molar-refractivity contribution is 0.0596. The van der Waals surface area contributed by atoms with Gasteiger partial charge in [-0.1, -0.05) is 65.3 Å². The molecule has 0 radical (unpaired) electrons. The van der Waals surface area contributed by atoms with Crippen molar-refractivity contribution in [1.29, 1.82) is 0 Å². The SMILES string of the molecule is Cn1nc(C(=O)NCC23CCC(CC2)CC3)c2c(Cl)cccc21.Cn1nc(C(=O)NCC2CCCCCC2)c2c(Br)cccc21. The van der Waals surface area contributed by atoms with E-state index in [9.17, 15) is 9.59 Å². The van der Waals surface area contributed by atoms with Crippen molar-refractivity contribution in [2.75, 3.05) is 13.1 Å². The summed E-state index contributed by atoms with van der Waals surface area (Å²) < 4.78 is 4.40. The smallest absolute Gasteiger partial charge is 0.272 e. The molecule has 2 aromatic heterocycles. The minimum atomic E-state index is -0.106. The number of aromatic nitrogens is 4. The summed E-state index contributed by atoms with van der Waals surface area (Å²) in [6.07, 6.45) is 15.4.